The van der Waals surface area contributed by atoms with Gasteiger partial charge in [-0.2, -0.15) is 5.10 Å². The molecule has 0 aliphatic carbocycles. The largest absolute Gasteiger partial charge is 0.495 e. The monoisotopic (exact) mass is 417 g/mol. The fourth-order valence-electron chi connectivity index (χ4n) is 3.46. The fourth-order valence-corrected chi connectivity index (χ4v) is 3.71. The van der Waals surface area contributed by atoms with Crippen molar-refractivity contribution < 1.29 is 9.53 Å². The lowest BCUT2D eigenvalue weighted by atomic mass is 9.95. The molecule has 29 heavy (non-hydrogen) atoms. The number of carbonyl (C=O) groups excluding carboxylic acids is 1. The Labute approximate surface area is 177 Å². The molecule has 0 radical (unpaired) electrons. The second-order valence-corrected chi connectivity index (χ2v) is 8.40. The number of amides is 1. The number of methoxy groups -OCH3 is 1. The zero-order valence-corrected chi connectivity index (χ0v) is 18.5. The number of ether oxygens (including phenoxy) is 1. The SMILES string of the molecule is COc1ccccc1-n1cnn(CN2CCC(C(=O)NC(C)C(C)C)CC2)c1=S. The fraction of sp³-hybridized carbons (Fsp3) is 0.571. The summed E-state index contributed by atoms with van der Waals surface area (Å²) in [5.74, 6) is 1.47. The number of carbonyl (C=O) groups is 1. The van der Waals surface area contributed by atoms with Crippen LogP contribution in [-0.4, -0.2) is 51.4 Å². The molecule has 1 amide bonds. The molecule has 1 aromatic carbocycles. The summed E-state index contributed by atoms with van der Waals surface area (Å²) in [6.07, 6.45) is 3.45. The van der Waals surface area contributed by atoms with Crippen LogP contribution in [0, 0.1) is 16.6 Å². The van der Waals surface area contributed by atoms with Gasteiger partial charge in [0, 0.05) is 25.0 Å². The predicted molar refractivity (Wildman–Crippen MR) is 116 cm³/mol. The van der Waals surface area contributed by atoms with E-state index in [1.807, 2.05) is 33.5 Å². The molecule has 0 spiro atoms. The molecule has 8 heteroatoms. The Hall–Kier alpha value is -2.19. The molecule has 1 saturated heterocycles. The van der Waals surface area contributed by atoms with Crippen molar-refractivity contribution in [3.63, 3.8) is 0 Å². The van der Waals surface area contributed by atoms with Crippen LogP contribution in [0.5, 0.6) is 5.75 Å². The average molecular weight is 418 g/mol. The van der Waals surface area contributed by atoms with Crippen molar-refractivity contribution in [2.45, 2.75) is 46.3 Å². The molecule has 1 unspecified atom stereocenters. The van der Waals surface area contributed by atoms with Crippen LogP contribution in [0.3, 0.4) is 0 Å². The number of hydrogen-bond donors (Lipinski definition) is 1. The third-order valence-electron chi connectivity index (χ3n) is 5.74. The maximum Gasteiger partial charge on any atom is 0.223 e. The topological polar surface area (TPSA) is 64.3 Å². The molecular formula is C21H31N5O2S. The lowest BCUT2D eigenvalue weighted by molar-refractivity contribution is -0.127. The quantitative estimate of drug-likeness (QED) is 0.701. The number of rotatable bonds is 7. The van der Waals surface area contributed by atoms with Gasteiger partial charge in [-0.1, -0.05) is 26.0 Å². The first-order chi connectivity index (χ1) is 13.9. The van der Waals surface area contributed by atoms with Gasteiger partial charge in [0.2, 0.25) is 10.7 Å². The number of benzene rings is 1. The minimum atomic E-state index is 0.0894. The van der Waals surface area contributed by atoms with Crippen molar-refractivity contribution in [1.82, 2.24) is 24.6 Å². The Balaban J connectivity index is 1.60. The Morgan fingerprint density at radius 2 is 1.97 bits per heavy atom. The van der Waals surface area contributed by atoms with E-state index < -0.39 is 0 Å². The number of nitrogens with one attached hydrogen (secondary N) is 1. The van der Waals surface area contributed by atoms with Crippen LogP contribution >= 0.6 is 12.2 Å². The van der Waals surface area contributed by atoms with Gasteiger partial charge in [0.25, 0.3) is 0 Å². The van der Waals surface area contributed by atoms with Gasteiger partial charge in [0.1, 0.15) is 12.1 Å². The van der Waals surface area contributed by atoms with Gasteiger partial charge in [0.05, 0.1) is 19.5 Å². The van der Waals surface area contributed by atoms with E-state index in [0.29, 0.717) is 17.4 Å². The van der Waals surface area contributed by atoms with E-state index in [9.17, 15) is 4.79 Å². The number of aromatic nitrogens is 3. The first-order valence-electron chi connectivity index (χ1n) is 10.2. The van der Waals surface area contributed by atoms with Crippen molar-refractivity contribution >= 4 is 18.1 Å². The van der Waals surface area contributed by atoms with E-state index in [1.54, 1.807) is 13.4 Å². The summed E-state index contributed by atoms with van der Waals surface area (Å²) >= 11 is 5.64. The van der Waals surface area contributed by atoms with E-state index in [2.05, 4.69) is 36.1 Å². The molecule has 0 saturated carbocycles. The normalized spacial score (nSPS) is 16.7. The van der Waals surface area contributed by atoms with Crippen LogP contribution in [0.15, 0.2) is 30.6 Å². The van der Waals surface area contributed by atoms with Gasteiger partial charge >= 0.3 is 0 Å². The Bertz CT molecular complexity index is 883. The van der Waals surface area contributed by atoms with Crippen molar-refractivity contribution in [3.05, 3.63) is 35.4 Å². The number of nitrogens with zero attached hydrogens (tertiary/aromatic N) is 4. The van der Waals surface area contributed by atoms with Gasteiger partial charge in [-0.15, -0.1) is 0 Å². The van der Waals surface area contributed by atoms with Crippen LogP contribution in [0.2, 0.25) is 0 Å². The molecule has 2 heterocycles. The summed E-state index contributed by atoms with van der Waals surface area (Å²) in [5.41, 5.74) is 0.876. The highest BCUT2D eigenvalue weighted by Crippen LogP contribution is 2.23. The number of piperidine rings is 1. The molecular weight excluding hydrogens is 386 g/mol. The molecule has 1 atom stereocenters. The Kier molecular flexibility index (Phi) is 7.08. The second kappa shape index (κ2) is 9.54. The Morgan fingerprint density at radius 1 is 1.28 bits per heavy atom. The lowest BCUT2D eigenvalue weighted by Crippen LogP contribution is -2.44. The average Bonchev–Trinajstić information content (AvgIpc) is 3.08. The standard InChI is InChI=1S/C21H31N5O2S/c1-15(2)16(3)23-20(27)17-9-11-24(12-10-17)14-26-21(29)25(13-22-26)18-7-5-6-8-19(18)28-4/h5-8,13,15-17H,9-12,14H2,1-4H3,(H,23,27). The lowest BCUT2D eigenvalue weighted by Gasteiger charge is -2.32. The highest BCUT2D eigenvalue weighted by molar-refractivity contribution is 7.71. The summed E-state index contributed by atoms with van der Waals surface area (Å²) in [6, 6.07) is 7.96. The van der Waals surface area contributed by atoms with E-state index in [0.717, 1.165) is 37.4 Å². The second-order valence-electron chi connectivity index (χ2n) is 8.03. The molecule has 1 fully saturated rings. The van der Waals surface area contributed by atoms with E-state index in [1.165, 1.54) is 0 Å². The van der Waals surface area contributed by atoms with Crippen LogP contribution in [-0.2, 0) is 11.5 Å². The molecule has 7 nitrogen and oxygen atoms in total. The van der Waals surface area contributed by atoms with Crippen LogP contribution in [0.4, 0.5) is 0 Å². The summed E-state index contributed by atoms with van der Waals surface area (Å²) in [4.78, 5) is 14.8. The molecule has 3 rings (SSSR count). The first-order valence-corrected chi connectivity index (χ1v) is 10.6. The van der Waals surface area contributed by atoms with Gasteiger partial charge in [0.15, 0.2) is 0 Å². The smallest absolute Gasteiger partial charge is 0.223 e. The summed E-state index contributed by atoms with van der Waals surface area (Å²) in [5, 5.41) is 7.62. The van der Waals surface area contributed by atoms with Crippen LogP contribution in [0.1, 0.15) is 33.6 Å². The maximum absolute atomic E-state index is 12.5. The molecule has 1 aromatic heterocycles. The summed E-state index contributed by atoms with van der Waals surface area (Å²) in [6.45, 7) is 8.66. The predicted octanol–water partition coefficient (Wildman–Crippen LogP) is 3.24. The number of hydrogen-bond acceptors (Lipinski definition) is 5. The zero-order chi connectivity index (χ0) is 21.0. The molecule has 0 bridgehead atoms. The van der Waals surface area contributed by atoms with Crippen LogP contribution in [0.25, 0.3) is 5.69 Å². The summed E-state index contributed by atoms with van der Waals surface area (Å²) in [7, 11) is 1.65. The van der Waals surface area contributed by atoms with Gasteiger partial charge in [-0.3, -0.25) is 14.3 Å². The highest BCUT2D eigenvalue weighted by Gasteiger charge is 2.26. The van der Waals surface area contributed by atoms with Gasteiger partial charge < -0.3 is 10.1 Å². The van der Waals surface area contributed by atoms with E-state index in [-0.39, 0.29) is 17.9 Å². The van der Waals surface area contributed by atoms with Crippen molar-refractivity contribution in [2.24, 2.45) is 11.8 Å². The number of likely N-dealkylation sites (tertiary alicyclic amines) is 1. The first kappa shape index (κ1) is 21.5. The van der Waals surface area contributed by atoms with Gasteiger partial charge in [-0.25, -0.2) is 4.68 Å². The Morgan fingerprint density at radius 3 is 2.62 bits per heavy atom. The van der Waals surface area contributed by atoms with Crippen LogP contribution < -0.4 is 10.1 Å². The molecule has 1 aliphatic rings. The maximum atomic E-state index is 12.5. The van der Waals surface area contributed by atoms with Crippen molar-refractivity contribution in [2.75, 3.05) is 20.2 Å². The van der Waals surface area contributed by atoms with E-state index in [4.69, 9.17) is 17.0 Å². The molecule has 1 N–H and O–H groups in total. The third-order valence-corrected chi connectivity index (χ3v) is 6.15. The zero-order valence-electron chi connectivity index (χ0n) is 17.7. The van der Waals surface area contributed by atoms with Crippen molar-refractivity contribution in [3.8, 4) is 11.4 Å². The van der Waals surface area contributed by atoms with Gasteiger partial charge in [-0.05, 0) is 50.0 Å². The molecule has 158 valence electrons. The molecule has 1 aliphatic heterocycles. The minimum Gasteiger partial charge on any atom is -0.495 e. The molecule has 2 aromatic rings. The highest BCUT2D eigenvalue weighted by atomic mass is 32.1. The van der Waals surface area contributed by atoms with E-state index >= 15 is 0 Å². The third kappa shape index (κ3) is 5.05. The summed E-state index contributed by atoms with van der Waals surface area (Å²) < 4.78 is 9.75. The number of para-hydroxylation sites is 2. The van der Waals surface area contributed by atoms with Crippen molar-refractivity contribution in [1.29, 1.82) is 0 Å². The minimum absolute atomic E-state index is 0.0894.